The molecule has 2 rings (SSSR count). The van der Waals surface area contributed by atoms with Crippen LogP contribution < -0.4 is 5.69 Å². The lowest BCUT2D eigenvalue weighted by Gasteiger charge is -2.30. The van der Waals surface area contributed by atoms with E-state index in [-0.39, 0.29) is 18.1 Å². The SMILES string of the molecule is CCC1(CC)CCCN(C(=O)Cn2ncn(C)c2=O)CC1. The van der Waals surface area contributed by atoms with Crippen molar-refractivity contribution < 1.29 is 4.79 Å². The molecule has 1 saturated heterocycles. The highest BCUT2D eigenvalue weighted by Gasteiger charge is 2.30. The Hall–Kier alpha value is -1.59. The third kappa shape index (κ3) is 3.36. The zero-order valence-corrected chi connectivity index (χ0v) is 13.3. The van der Waals surface area contributed by atoms with Crippen molar-refractivity contribution >= 4 is 5.91 Å². The van der Waals surface area contributed by atoms with E-state index in [1.54, 1.807) is 7.05 Å². The summed E-state index contributed by atoms with van der Waals surface area (Å²) in [6.45, 7) is 6.12. The predicted molar refractivity (Wildman–Crippen MR) is 80.9 cm³/mol. The summed E-state index contributed by atoms with van der Waals surface area (Å²) in [5.74, 6) is -0.00111. The largest absolute Gasteiger partial charge is 0.345 e. The Bertz CT molecular complexity index is 542. The molecule has 1 fully saturated rings. The smallest absolute Gasteiger partial charge is 0.341 e. The summed E-state index contributed by atoms with van der Waals surface area (Å²) in [4.78, 5) is 26.0. The van der Waals surface area contributed by atoms with Gasteiger partial charge in [-0.2, -0.15) is 5.10 Å². The van der Waals surface area contributed by atoms with E-state index in [1.165, 1.54) is 34.8 Å². The lowest BCUT2D eigenvalue weighted by molar-refractivity contribution is -0.132. The number of carbonyl (C=O) groups is 1. The number of amides is 1. The third-order valence-electron chi connectivity index (χ3n) is 5.07. The molecule has 0 atom stereocenters. The highest BCUT2D eigenvalue weighted by Crippen LogP contribution is 2.37. The Morgan fingerprint density at radius 2 is 2.00 bits per heavy atom. The van der Waals surface area contributed by atoms with Gasteiger partial charge in [0.15, 0.2) is 0 Å². The Morgan fingerprint density at radius 3 is 2.57 bits per heavy atom. The van der Waals surface area contributed by atoms with Gasteiger partial charge in [0, 0.05) is 20.1 Å². The predicted octanol–water partition coefficient (Wildman–Crippen LogP) is 1.40. The van der Waals surface area contributed by atoms with Crippen molar-refractivity contribution in [2.75, 3.05) is 13.1 Å². The summed E-state index contributed by atoms with van der Waals surface area (Å²) < 4.78 is 2.62. The number of likely N-dealkylation sites (tertiary alicyclic amines) is 1. The van der Waals surface area contributed by atoms with Crippen molar-refractivity contribution in [1.29, 1.82) is 0 Å². The quantitative estimate of drug-likeness (QED) is 0.843. The van der Waals surface area contributed by atoms with Gasteiger partial charge in [0.2, 0.25) is 5.91 Å². The molecule has 0 unspecified atom stereocenters. The van der Waals surface area contributed by atoms with Crippen LogP contribution >= 0.6 is 0 Å². The molecule has 1 aromatic heterocycles. The summed E-state index contributed by atoms with van der Waals surface area (Å²) in [6.07, 6.45) is 7.08. The number of carbonyl (C=O) groups excluding carboxylic acids is 1. The molecule has 0 radical (unpaired) electrons. The molecule has 0 bridgehead atoms. The van der Waals surface area contributed by atoms with E-state index >= 15 is 0 Å². The van der Waals surface area contributed by atoms with Gasteiger partial charge in [0.05, 0.1) is 0 Å². The van der Waals surface area contributed by atoms with Gasteiger partial charge < -0.3 is 4.90 Å². The van der Waals surface area contributed by atoms with Gasteiger partial charge in [0.1, 0.15) is 12.9 Å². The lowest BCUT2D eigenvalue weighted by atomic mass is 9.76. The van der Waals surface area contributed by atoms with E-state index in [0.717, 1.165) is 25.9 Å². The van der Waals surface area contributed by atoms with Gasteiger partial charge in [-0.1, -0.05) is 26.7 Å². The summed E-state index contributed by atoms with van der Waals surface area (Å²) in [5.41, 5.74) is 0.145. The molecule has 0 saturated carbocycles. The maximum atomic E-state index is 12.4. The monoisotopic (exact) mass is 294 g/mol. The van der Waals surface area contributed by atoms with Gasteiger partial charge in [-0.25, -0.2) is 9.48 Å². The van der Waals surface area contributed by atoms with Gasteiger partial charge in [-0.3, -0.25) is 9.36 Å². The Morgan fingerprint density at radius 1 is 1.29 bits per heavy atom. The van der Waals surface area contributed by atoms with Crippen molar-refractivity contribution in [2.45, 2.75) is 52.5 Å². The van der Waals surface area contributed by atoms with Crippen LogP contribution in [0.1, 0.15) is 46.0 Å². The molecule has 1 aliphatic heterocycles. The fourth-order valence-electron chi connectivity index (χ4n) is 3.22. The number of hydrogen-bond donors (Lipinski definition) is 0. The van der Waals surface area contributed by atoms with E-state index in [2.05, 4.69) is 18.9 Å². The highest BCUT2D eigenvalue weighted by molar-refractivity contribution is 5.75. The molecule has 1 aromatic rings. The first-order valence-corrected chi connectivity index (χ1v) is 7.87. The van der Waals surface area contributed by atoms with E-state index in [4.69, 9.17) is 0 Å². The maximum Gasteiger partial charge on any atom is 0.345 e. The van der Waals surface area contributed by atoms with Gasteiger partial charge >= 0.3 is 5.69 Å². The molecule has 0 spiro atoms. The molecule has 1 amide bonds. The minimum Gasteiger partial charge on any atom is -0.341 e. The molecule has 0 aliphatic carbocycles. The van der Waals surface area contributed by atoms with Crippen LogP contribution in [-0.4, -0.2) is 38.2 Å². The summed E-state index contributed by atoms with van der Waals surface area (Å²) in [5, 5.41) is 3.95. The molecule has 118 valence electrons. The summed E-state index contributed by atoms with van der Waals surface area (Å²) in [7, 11) is 1.64. The molecule has 0 aromatic carbocycles. The molecular weight excluding hydrogens is 268 g/mol. The molecule has 2 heterocycles. The molecule has 1 aliphatic rings. The maximum absolute atomic E-state index is 12.4. The molecule has 0 N–H and O–H groups in total. The number of rotatable bonds is 4. The van der Waals surface area contributed by atoms with E-state index < -0.39 is 0 Å². The molecule has 21 heavy (non-hydrogen) atoms. The van der Waals surface area contributed by atoms with Crippen LogP contribution in [0.5, 0.6) is 0 Å². The van der Waals surface area contributed by atoms with Crippen LogP contribution in [0.2, 0.25) is 0 Å². The Labute approximate surface area is 125 Å². The van der Waals surface area contributed by atoms with Gasteiger partial charge in [-0.05, 0) is 24.7 Å². The fourth-order valence-corrected chi connectivity index (χ4v) is 3.22. The van der Waals surface area contributed by atoms with Crippen LogP contribution in [0.3, 0.4) is 0 Å². The second-order valence-electron chi connectivity index (χ2n) is 6.12. The zero-order chi connectivity index (χ0) is 15.5. The third-order valence-corrected chi connectivity index (χ3v) is 5.07. The van der Waals surface area contributed by atoms with E-state index in [9.17, 15) is 9.59 Å². The second kappa shape index (κ2) is 6.45. The number of aromatic nitrogens is 3. The van der Waals surface area contributed by atoms with Crippen LogP contribution in [0.15, 0.2) is 11.1 Å². The van der Waals surface area contributed by atoms with Crippen LogP contribution in [0.4, 0.5) is 0 Å². The number of nitrogens with zero attached hydrogens (tertiary/aromatic N) is 4. The van der Waals surface area contributed by atoms with Crippen LogP contribution in [0, 0.1) is 5.41 Å². The van der Waals surface area contributed by atoms with E-state index in [0.29, 0.717) is 5.41 Å². The van der Waals surface area contributed by atoms with Crippen molar-refractivity contribution in [1.82, 2.24) is 19.2 Å². The standard InChI is InChI=1S/C15H26N4O2/c1-4-15(5-2)7-6-9-18(10-8-15)13(20)11-19-14(21)17(3)12-16-19/h12H,4-11H2,1-3H3. The number of aryl methyl sites for hydroxylation is 1. The van der Waals surface area contributed by atoms with Gasteiger partial charge in [-0.15, -0.1) is 0 Å². The molecule has 6 nitrogen and oxygen atoms in total. The Kier molecular flexibility index (Phi) is 4.85. The van der Waals surface area contributed by atoms with Crippen molar-refractivity contribution in [3.05, 3.63) is 16.8 Å². The first kappa shape index (κ1) is 15.8. The van der Waals surface area contributed by atoms with Crippen molar-refractivity contribution in [3.63, 3.8) is 0 Å². The highest BCUT2D eigenvalue weighted by atomic mass is 16.2. The topological polar surface area (TPSA) is 60.1 Å². The van der Waals surface area contributed by atoms with E-state index in [1.807, 2.05) is 4.90 Å². The molecular formula is C15H26N4O2. The first-order valence-electron chi connectivity index (χ1n) is 7.87. The van der Waals surface area contributed by atoms with Crippen LogP contribution in [0.25, 0.3) is 0 Å². The average molecular weight is 294 g/mol. The number of hydrogen-bond acceptors (Lipinski definition) is 3. The van der Waals surface area contributed by atoms with Crippen molar-refractivity contribution in [3.8, 4) is 0 Å². The first-order chi connectivity index (χ1) is 10.0. The minimum absolute atomic E-state index is 0.00111. The minimum atomic E-state index is -0.241. The Balaban J connectivity index is 2.00. The van der Waals surface area contributed by atoms with Gasteiger partial charge in [0.25, 0.3) is 0 Å². The normalized spacial score (nSPS) is 18.5. The lowest BCUT2D eigenvalue weighted by Crippen LogP contribution is -2.38. The summed E-state index contributed by atoms with van der Waals surface area (Å²) >= 11 is 0. The second-order valence-corrected chi connectivity index (χ2v) is 6.12. The van der Waals surface area contributed by atoms with Crippen LogP contribution in [-0.2, 0) is 18.4 Å². The average Bonchev–Trinajstić information content (AvgIpc) is 2.72. The fraction of sp³-hybridized carbons (Fsp3) is 0.800. The zero-order valence-electron chi connectivity index (χ0n) is 13.3. The summed E-state index contributed by atoms with van der Waals surface area (Å²) in [6, 6.07) is 0. The molecule has 6 heteroatoms. The van der Waals surface area contributed by atoms with Crippen molar-refractivity contribution in [2.24, 2.45) is 12.5 Å².